The number of aliphatic hydroxyl groups excluding tert-OH is 1. The zero-order chi connectivity index (χ0) is 27.3. The highest BCUT2D eigenvalue weighted by atomic mass is 32.2. The molecule has 2 aromatic carbocycles. The van der Waals surface area contributed by atoms with Crippen LogP contribution in [0, 0.1) is 5.92 Å². The van der Waals surface area contributed by atoms with Gasteiger partial charge in [0.05, 0.1) is 30.9 Å². The lowest BCUT2D eigenvalue weighted by atomic mass is 10.0. The second-order valence-corrected chi connectivity index (χ2v) is 11.5. The zero-order valence-corrected chi connectivity index (χ0v) is 22.4. The van der Waals surface area contributed by atoms with Crippen LogP contribution in [0.1, 0.15) is 35.3 Å². The molecular weight excluding hydrogens is 498 g/mol. The van der Waals surface area contributed by atoms with Crippen molar-refractivity contribution in [3.63, 3.8) is 0 Å². The van der Waals surface area contributed by atoms with Crippen LogP contribution in [0.5, 0.6) is 5.75 Å². The molecule has 0 fully saturated rings. The van der Waals surface area contributed by atoms with Gasteiger partial charge < -0.3 is 19.8 Å². The number of likely N-dealkylation sites (N-methyl/N-ethyl adjacent to an activating group) is 1. The van der Waals surface area contributed by atoms with E-state index in [2.05, 4.69) is 9.62 Å². The normalized spacial score (nSPS) is 19.3. The Balaban J connectivity index is 1.88. The van der Waals surface area contributed by atoms with E-state index in [1.54, 1.807) is 54.3 Å². The Hall–Kier alpha value is -3.15. The van der Waals surface area contributed by atoms with Crippen LogP contribution in [0.25, 0.3) is 0 Å². The van der Waals surface area contributed by atoms with Gasteiger partial charge in [-0.25, -0.2) is 13.2 Å². The molecule has 0 radical (unpaired) electrons. The first kappa shape index (κ1) is 28.4. The summed E-state index contributed by atoms with van der Waals surface area (Å²) in [6, 6.07) is 11.2. The first-order chi connectivity index (χ1) is 17.4. The number of benzene rings is 2. The summed E-state index contributed by atoms with van der Waals surface area (Å²) in [5, 5.41) is 18.9. The van der Waals surface area contributed by atoms with E-state index < -0.39 is 16.0 Å². The number of anilines is 1. The Kier molecular flexibility index (Phi) is 9.16. The van der Waals surface area contributed by atoms with Gasteiger partial charge in [-0.1, -0.05) is 19.1 Å². The number of nitrogens with zero attached hydrogens (tertiary/aromatic N) is 2. The van der Waals surface area contributed by atoms with Gasteiger partial charge in [-0.05, 0) is 49.9 Å². The molecule has 11 heteroatoms. The molecule has 1 heterocycles. The average Bonchev–Trinajstić information content (AvgIpc) is 2.86. The molecule has 0 saturated heterocycles. The Bertz CT molecular complexity index is 1220. The molecule has 2 aromatic rings. The minimum absolute atomic E-state index is 0.00413. The second-order valence-electron chi connectivity index (χ2n) is 9.78. The average molecular weight is 534 g/mol. The maximum Gasteiger partial charge on any atom is 0.335 e. The molecule has 3 unspecified atom stereocenters. The number of hydrogen-bond acceptors (Lipinski definition) is 7. The molecule has 1 aliphatic rings. The van der Waals surface area contributed by atoms with Crippen LogP contribution < -0.4 is 9.46 Å². The van der Waals surface area contributed by atoms with E-state index in [9.17, 15) is 23.1 Å². The highest BCUT2D eigenvalue weighted by Crippen LogP contribution is 2.29. The van der Waals surface area contributed by atoms with Gasteiger partial charge in [-0.3, -0.25) is 14.4 Å². The van der Waals surface area contributed by atoms with Crippen LogP contribution in [0.4, 0.5) is 5.69 Å². The van der Waals surface area contributed by atoms with Crippen LogP contribution in [-0.4, -0.2) is 85.5 Å². The van der Waals surface area contributed by atoms with Crippen molar-refractivity contribution in [2.45, 2.75) is 39.0 Å². The van der Waals surface area contributed by atoms with Crippen molar-refractivity contribution in [3.8, 4) is 5.75 Å². The van der Waals surface area contributed by atoms with Crippen LogP contribution in [0.2, 0.25) is 0 Å². The molecule has 10 nitrogen and oxygen atoms in total. The van der Waals surface area contributed by atoms with Crippen molar-refractivity contribution in [2.24, 2.45) is 5.92 Å². The summed E-state index contributed by atoms with van der Waals surface area (Å²) in [5.74, 6) is -0.740. The Morgan fingerprint density at radius 3 is 2.51 bits per heavy atom. The number of carbonyl (C=O) groups excluding carboxylic acids is 1. The number of carboxylic acid groups (broad SMARTS) is 1. The van der Waals surface area contributed by atoms with Crippen LogP contribution in [0.15, 0.2) is 42.5 Å². The van der Waals surface area contributed by atoms with Crippen molar-refractivity contribution in [1.82, 2.24) is 9.80 Å². The van der Waals surface area contributed by atoms with Gasteiger partial charge in [0, 0.05) is 36.8 Å². The third-order valence-electron chi connectivity index (χ3n) is 6.36. The summed E-state index contributed by atoms with van der Waals surface area (Å²) >= 11 is 0. The number of aromatic carboxylic acids is 1. The number of fused-ring (bicyclic) bond motifs is 1. The van der Waals surface area contributed by atoms with Crippen molar-refractivity contribution in [2.75, 3.05) is 37.7 Å². The van der Waals surface area contributed by atoms with E-state index in [1.807, 2.05) is 14.0 Å². The lowest BCUT2D eigenvalue weighted by Gasteiger charge is -2.34. The number of carboxylic acids is 1. The number of sulfonamides is 1. The zero-order valence-electron chi connectivity index (χ0n) is 21.5. The van der Waals surface area contributed by atoms with Crippen molar-refractivity contribution in [3.05, 3.63) is 59.2 Å². The second kappa shape index (κ2) is 11.9. The summed E-state index contributed by atoms with van der Waals surface area (Å²) in [5.41, 5.74) is 2.07. The van der Waals surface area contributed by atoms with E-state index in [0.29, 0.717) is 36.6 Å². The van der Waals surface area contributed by atoms with Crippen LogP contribution >= 0.6 is 0 Å². The third-order valence-corrected chi connectivity index (χ3v) is 6.97. The first-order valence-electron chi connectivity index (χ1n) is 12.0. The van der Waals surface area contributed by atoms with Gasteiger partial charge in [0.2, 0.25) is 15.9 Å². The maximum atomic E-state index is 13.2. The monoisotopic (exact) mass is 533 g/mol. The molecule has 0 saturated carbocycles. The standard InChI is InChI=1S/C26H35N3O7S/c1-17-13-29(18(2)16-30)25(31)12-21-11-22(27-37(4,34)35)9-10-23(21)36-24(17)15-28(3)14-19-5-7-20(8-6-19)26(32)33/h5-11,17-18,24,27,30H,12-16H2,1-4H3,(H,32,33). The summed E-state index contributed by atoms with van der Waals surface area (Å²) < 4.78 is 32.3. The molecule has 3 rings (SSSR count). The van der Waals surface area contributed by atoms with Crippen molar-refractivity contribution >= 4 is 27.6 Å². The molecule has 0 aromatic heterocycles. The Morgan fingerprint density at radius 2 is 1.92 bits per heavy atom. The molecule has 1 aliphatic heterocycles. The van der Waals surface area contributed by atoms with E-state index in [1.165, 1.54) is 0 Å². The summed E-state index contributed by atoms with van der Waals surface area (Å²) in [7, 11) is -1.56. The van der Waals surface area contributed by atoms with Gasteiger partial charge in [-0.15, -0.1) is 0 Å². The Labute approximate surface area is 217 Å². The number of rotatable bonds is 9. The minimum atomic E-state index is -3.50. The van der Waals surface area contributed by atoms with Crippen molar-refractivity contribution < 1.29 is 33.0 Å². The van der Waals surface area contributed by atoms with Gasteiger partial charge in [0.15, 0.2) is 0 Å². The molecule has 202 valence electrons. The summed E-state index contributed by atoms with van der Waals surface area (Å²) in [4.78, 5) is 28.1. The largest absolute Gasteiger partial charge is 0.488 e. The highest BCUT2D eigenvalue weighted by molar-refractivity contribution is 7.92. The number of amides is 1. The fraction of sp³-hybridized carbons (Fsp3) is 0.462. The Morgan fingerprint density at radius 1 is 1.24 bits per heavy atom. The summed E-state index contributed by atoms with van der Waals surface area (Å²) in [6.45, 7) is 5.06. The minimum Gasteiger partial charge on any atom is -0.488 e. The SMILES string of the molecule is CC1CN(C(C)CO)C(=O)Cc2cc(NS(C)(=O)=O)ccc2OC1CN(C)Cc1ccc(C(=O)O)cc1. The van der Waals surface area contributed by atoms with Gasteiger partial charge >= 0.3 is 5.97 Å². The van der Waals surface area contributed by atoms with E-state index in [0.717, 1.165) is 11.8 Å². The van der Waals surface area contributed by atoms with Crippen LogP contribution in [-0.2, 0) is 27.8 Å². The van der Waals surface area contributed by atoms with Gasteiger partial charge in [0.25, 0.3) is 0 Å². The number of hydrogen-bond donors (Lipinski definition) is 3. The molecule has 0 spiro atoms. The van der Waals surface area contributed by atoms with Gasteiger partial charge in [-0.2, -0.15) is 0 Å². The number of nitrogens with one attached hydrogen (secondary N) is 1. The van der Waals surface area contributed by atoms with Gasteiger partial charge in [0.1, 0.15) is 11.9 Å². The maximum absolute atomic E-state index is 13.2. The van der Waals surface area contributed by atoms with E-state index >= 15 is 0 Å². The lowest BCUT2D eigenvalue weighted by Crippen LogP contribution is -2.47. The molecular formula is C26H35N3O7S. The highest BCUT2D eigenvalue weighted by Gasteiger charge is 2.31. The lowest BCUT2D eigenvalue weighted by molar-refractivity contribution is -0.134. The number of aliphatic hydroxyl groups is 1. The predicted molar refractivity (Wildman–Crippen MR) is 140 cm³/mol. The van der Waals surface area contributed by atoms with E-state index in [4.69, 9.17) is 9.84 Å². The molecule has 37 heavy (non-hydrogen) atoms. The fourth-order valence-corrected chi connectivity index (χ4v) is 4.92. The smallest absolute Gasteiger partial charge is 0.335 e. The number of carbonyl (C=O) groups is 2. The van der Waals surface area contributed by atoms with Crippen LogP contribution in [0.3, 0.4) is 0 Å². The third kappa shape index (κ3) is 7.91. The first-order valence-corrected chi connectivity index (χ1v) is 13.9. The number of ether oxygens (including phenoxy) is 1. The summed E-state index contributed by atoms with van der Waals surface area (Å²) in [6.07, 6.45) is 0.739. The van der Waals surface area contributed by atoms with E-state index in [-0.39, 0.29) is 42.6 Å². The predicted octanol–water partition coefficient (Wildman–Crippen LogP) is 2.04. The molecule has 0 bridgehead atoms. The molecule has 3 N–H and O–H groups in total. The van der Waals surface area contributed by atoms with Crippen molar-refractivity contribution in [1.29, 1.82) is 0 Å². The topological polar surface area (TPSA) is 136 Å². The molecule has 3 atom stereocenters. The quantitative estimate of drug-likeness (QED) is 0.446. The fourth-order valence-electron chi connectivity index (χ4n) is 4.36. The molecule has 1 amide bonds. The molecule has 0 aliphatic carbocycles.